The molecule has 2 atom stereocenters. The number of rotatable bonds is 4. The topological polar surface area (TPSA) is 24.5 Å². The second kappa shape index (κ2) is 6.02. The van der Waals surface area contributed by atoms with Crippen molar-refractivity contribution in [2.75, 3.05) is 32.8 Å². The molecule has 1 aliphatic heterocycles. The van der Waals surface area contributed by atoms with Gasteiger partial charge in [0.2, 0.25) is 0 Å². The molecule has 1 fully saturated rings. The third-order valence-electron chi connectivity index (χ3n) is 2.56. The number of nitrogens with zero attached hydrogens (tertiary/aromatic N) is 1. The first-order valence-electron chi connectivity index (χ1n) is 5.24. The van der Waals surface area contributed by atoms with Crippen LogP contribution in [-0.4, -0.2) is 49.8 Å². The second-order valence-corrected chi connectivity index (χ2v) is 3.86. The highest BCUT2D eigenvalue weighted by Crippen LogP contribution is 2.07. The molecule has 0 amide bonds. The Morgan fingerprint density at radius 2 is 2.50 bits per heavy atom. The molecule has 80 valence electrons. The van der Waals surface area contributed by atoms with E-state index in [0.29, 0.717) is 18.7 Å². The average molecular weight is 196 g/mol. The van der Waals surface area contributed by atoms with Gasteiger partial charge in [0.25, 0.3) is 0 Å². The van der Waals surface area contributed by atoms with Crippen LogP contribution >= 0.6 is 0 Å². The summed E-state index contributed by atoms with van der Waals surface area (Å²) < 4.78 is 5.49. The van der Waals surface area contributed by atoms with Gasteiger partial charge in [-0.3, -0.25) is 4.90 Å². The third kappa shape index (κ3) is 3.67. The molecule has 1 N–H and O–H groups in total. The van der Waals surface area contributed by atoms with Crippen molar-refractivity contribution < 1.29 is 4.74 Å². The smallest absolute Gasteiger partial charge is 0.0674 e. The van der Waals surface area contributed by atoms with Crippen LogP contribution in [0.25, 0.3) is 0 Å². The van der Waals surface area contributed by atoms with Gasteiger partial charge >= 0.3 is 0 Å². The Balaban J connectivity index is 2.22. The lowest BCUT2D eigenvalue weighted by molar-refractivity contribution is -0.0310. The fourth-order valence-corrected chi connectivity index (χ4v) is 1.73. The summed E-state index contributed by atoms with van der Waals surface area (Å²) in [6.45, 7) is 8.86. The van der Waals surface area contributed by atoms with Gasteiger partial charge in [-0.1, -0.05) is 5.92 Å². The maximum atomic E-state index is 5.49. The van der Waals surface area contributed by atoms with E-state index in [1.54, 1.807) is 0 Å². The molecule has 1 heterocycles. The summed E-state index contributed by atoms with van der Waals surface area (Å²) in [4.78, 5) is 2.44. The molecule has 1 rings (SSSR count). The third-order valence-corrected chi connectivity index (χ3v) is 2.56. The fourth-order valence-electron chi connectivity index (χ4n) is 1.73. The molecule has 0 bridgehead atoms. The van der Waals surface area contributed by atoms with Crippen LogP contribution in [0.4, 0.5) is 0 Å². The molecule has 3 nitrogen and oxygen atoms in total. The number of nitrogens with one attached hydrogen (secondary N) is 1. The first kappa shape index (κ1) is 11.5. The number of hydrogen-bond acceptors (Lipinski definition) is 3. The normalized spacial score (nSPS) is 25.6. The van der Waals surface area contributed by atoms with Crippen LogP contribution in [0.1, 0.15) is 13.8 Å². The lowest BCUT2D eigenvalue weighted by Gasteiger charge is -2.35. The Hall–Kier alpha value is -0.560. The van der Waals surface area contributed by atoms with Crippen LogP contribution in [0.5, 0.6) is 0 Å². The summed E-state index contributed by atoms with van der Waals surface area (Å²) in [6.07, 6.45) is 5.53. The van der Waals surface area contributed by atoms with Crippen LogP contribution in [0.2, 0.25) is 0 Å². The van der Waals surface area contributed by atoms with E-state index >= 15 is 0 Å². The highest BCUT2D eigenvalue weighted by molar-refractivity contribution is 4.87. The molecule has 3 heteroatoms. The van der Waals surface area contributed by atoms with Gasteiger partial charge < -0.3 is 10.1 Å². The zero-order valence-electron chi connectivity index (χ0n) is 9.12. The van der Waals surface area contributed by atoms with E-state index < -0.39 is 0 Å². The van der Waals surface area contributed by atoms with Crippen LogP contribution in [0.3, 0.4) is 0 Å². The maximum absolute atomic E-state index is 5.49. The van der Waals surface area contributed by atoms with E-state index in [2.05, 4.69) is 30.0 Å². The van der Waals surface area contributed by atoms with Crippen LogP contribution in [0.15, 0.2) is 0 Å². The molecule has 2 unspecified atom stereocenters. The molecule has 0 aromatic carbocycles. The summed E-state index contributed by atoms with van der Waals surface area (Å²) in [6, 6.07) is 0.537. The lowest BCUT2D eigenvalue weighted by atomic mass is 10.2. The van der Waals surface area contributed by atoms with Crippen LogP contribution in [0, 0.1) is 12.3 Å². The second-order valence-electron chi connectivity index (χ2n) is 3.86. The Bertz CT molecular complexity index is 200. The largest absolute Gasteiger partial charge is 0.376 e. The predicted octanol–water partition coefficient (Wildman–Crippen LogP) is 0.318. The van der Waals surface area contributed by atoms with E-state index in [4.69, 9.17) is 11.2 Å². The van der Waals surface area contributed by atoms with Gasteiger partial charge in [-0.15, -0.1) is 6.42 Å². The number of ether oxygens (including phenoxy) is 1. The van der Waals surface area contributed by atoms with Crippen LogP contribution < -0.4 is 5.32 Å². The quantitative estimate of drug-likeness (QED) is 0.517. The van der Waals surface area contributed by atoms with Gasteiger partial charge in [-0.25, -0.2) is 0 Å². The van der Waals surface area contributed by atoms with Gasteiger partial charge in [0.05, 0.1) is 19.3 Å². The Kier molecular flexibility index (Phi) is 4.95. The standard InChI is InChI=1S/C11H20N2O/c1-4-5-12-8-10(2)13-6-7-14-11(3)9-13/h1,10-12H,5-9H2,2-3H3. The van der Waals surface area contributed by atoms with Gasteiger partial charge in [0, 0.05) is 25.7 Å². The van der Waals surface area contributed by atoms with Crippen molar-refractivity contribution in [1.29, 1.82) is 0 Å². The highest BCUT2D eigenvalue weighted by atomic mass is 16.5. The predicted molar refractivity (Wildman–Crippen MR) is 58.2 cm³/mol. The maximum Gasteiger partial charge on any atom is 0.0674 e. The van der Waals surface area contributed by atoms with Crippen molar-refractivity contribution in [3.8, 4) is 12.3 Å². The van der Waals surface area contributed by atoms with E-state index in [9.17, 15) is 0 Å². The van der Waals surface area contributed by atoms with E-state index in [-0.39, 0.29) is 0 Å². The summed E-state index contributed by atoms with van der Waals surface area (Å²) in [5.74, 6) is 2.58. The number of terminal acetylenes is 1. The molecule has 0 saturated carbocycles. The van der Waals surface area contributed by atoms with Gasteiger partial charge in [0.1, 0.15) is 0 Å². The molecule has 0 aromatic rings. The Morgan fingerprint density at radius 3 is 3.14 bits per heavy atom. The first-order valence-corrected chi connectivity index (χ1v) is 5.24. The summed E-state index contributed by atoms with van der Waals surface area (Å²) in [5.41, 5.74) is 0. The summed E-state index contributed by atoms with van der Waals surface area (Å²) in [5, 5.41) is 3.23. The van der Waals surface area contributed by atoms with Crippen molar-refractivity contribution in [2.24, 2.45) is 0 Å². The van der Waals surface area contributed by atoms with Gasteiger partial charge in [-0.05, 0) is 13.8 Å². The number of morpholine rings is 1. The summed E-state index contributed by atoms with van der Waals surface area (Å²) in [7, 11) is 0. The Labute approximate surface area is 86.8 Å². The van der Waals surface area contributed by atoms with E-state index in [0.717, 1.165) is 26.2 Å². The highest BCUT2D eigenvalue weighted by Gasteiger charge is 2.20. The van der Waals surface area contributed by atoms with Crippen molar-refractivity contribution in [1.82, 2.24) is 10.2 Å². The molecule has 0 aliphatic carbocycles. The molecule has 1 aliphatic rings. The zero-order valence-corrected chi connectivity index (χ0v) is 9.12. The molecule has 14 heavy (non-hydrogen) atoms. The average Bonchev–Trinajstić information content (AvgIpc) is 2.18. The molecule has 1 saturated heterocycles. The zero-order chi connectivity index (χ0) is 10.4. The molecule has 0 spiro atoms. The minimum absolute atomic E-state index is 0.360. The van der Waals surface area contributed by atoms with Gasteiger partial charge in [-0.2, -0.15) is 0 Å². The van der Waals surface area contributed by atoms with Gasteiger partial charge in [0.15, 0.2) is 0 Å². The lowest BCUT2D eigenvalue weighted by Crippen LogP contribution is -2.49. The monoisotopic (exact) mass is 196 g/mol. The van der Waals surface area contributed by atoms with Crippen molar-refractivity contribution >= 4 is 0 Å². The van der Waals surface area contributed by atoms with Crippen molar-refractivity contribution in [2.45, 2.75) is 26.0 Å². The Morgan fingerprint density at radius 1 is 1.71 bits per heavy atom. The molecular formula is C11H20N2O. The van der Waals surface area contributed by atoms with Crippen molar-refractivity contribution in [3.63, 3.8) is 0 Å². The molecular weight excluding hydrogens is 176 g/mol. The van der Waals surface area contributed by atoms with Crippen molar-refractivity contribution in [3.05, 3.63) is 0 Å². The molecule has 0 aromatic heterocycles. The molecule has 0 radical (unpaired) electrons. The van der Waals surface area contributed by atoms with E-state index in [1.165, 1.54) is 0 Å². The SMILES string of the molecule is C#CCNCC(C)N1CCOC(C)C1. The first-order chi connectivity index (χ1) is 6.74. The minimum atomic E-state index is 0.360. The fraction of sp³-hybridized carbons (Fsp3) is 0.818. The van der Waals surface area contributed by atoms with Crippen LogP contribution in [-0.2, 0) is 4.74 Å². The van der Waals surface area contributed by atoms with E-state index in [1.807, 2.05) is 0 Å². The summed E-state index contributed by atoms with van der Waals surface area (Å²) >= 11 is 0. The minimum Gasteiger partial charge on any atom is -0.376 e. The number of hydrogen-bond donors (Lipinski definition) is 1.